The summed E-state index contributed by atoms with van der Waals surface area (Å²) in [6.45, 7) is 5.03. The van der Waals surface area contributed by atoms with Crippen LogP contribution in [0.15, 0.2) is 29.8 Å². The topological polar surface area (TPSA) is 29.5 Å². The van der Waals surface area contributed by atoms with Crippen LogP contribution < -0.4 is 4.74 Å². The molecule has 5 rings (SSSR count). The Labute approximate surface area is 176 Å². The SMILES string of the molecule is COc1ccc(/C=C2\C[C@@H]3[C@@H]4CC[C@@H]5CCCC[C@]5(C)[C@@H]4CC[C@]3(C)[C@@H]2O)cc1. The first-order valence-electron chi connectivity index (χ1n) is 12.0. The summed E-state index contributed by atoms with van der Waals surface area (Å²) in [5.41, 5.74) is 3.08. The molecule has 4 saturated carbocycles. The lowest BCUT2D eigenvalue weighted by Gasteiger charge is -2.60. The fraction of sp³-hybridized carbons (Fsp3) is 0.704. The van der Waals surface area contributed by atoms with Crippen molar-refractivity contribution in [2.45, 2.75) is 77.7 Å². The maximum absolute atomic E-state index is 11.4. The molecule has 2 nitrogen and oxygen atoms in total. The maximum atomic E-state index is 11.4. The van der Waals surface area contributed by atoms with Crippen LogP contribution >= 0.6 is 0 Å². The highest BCUT2D eigenvalue weighted by molar-refractivity contribution is 5.56. The van der Waals surface area contributed by atoms with Gasteiger partial charge >= 0.3 is 0 Å². The van der Waals surface area contributed by atoms with Gasteiger partial charge in [0.05, 0.1) is 13.2 Å². The molecule has 1 aromatic carbocycles. The molecule has 2 heteroatoms. The van der Waals surface area contributed by atoms with Crippen LogP contribution in [0.2, 0.25) is 0 Å². The first-order chi connectivity index (χ1) is 14.0. The molecule has 4 fully saturated rings. The molecule has 158 valence electrons. The van der Waals surface area contributed by atoms with Crippen LogP contribution in [0.25, 0.3) is 6.08 Å². The van der Waals surface area contributed by atoms with Gasteiger partial charge < -0.3 is 9.84 Å². The minimum absolute atomic E-state index is 0.0668. The number of aliphatic hydroxyl groups is 1. The fourth-order valence-corrected chi connectivity index (χ4v) is 8.21. The Hall–Kier alpha value is -1.28. The number of aliphatic hydroxyl groups excluding tert-OH is 1. The Morgan fingerprint density at radius 2 is 1.72 bits per heavy atom. The summed E-state index contributed by atoms with van der Waals surface area (Å²) in [7, 11) is 1.71. The number of hydrogen-bond donors (Lipinski definition) is 1. The van der Waals surface area contributed by atoms with E-state index < -0.39 is 0 Å². The predicted molar refractivity (Wildman–Crippen MR) is 119 cm³/mol. The third-order valence-electron chi connectivity index (χ3n) is 9.92. The predicted octanol–water partition coefficient (Wildman–Crippen LogP) is 6.48. The van der Waals surface area contributed by atoms with Crippen LogP contribution in [-0.4, -0.2) is 18.3 Å². The van der Waals surface area contributed by atoms with Gasteiger partial charge in [0.15, 0.2) is 0 Å². The number of fused-ring (bicyclic) bond motifs is 5. The molecule has 0 heterocycles. The van der Waals surface area contributed by atoms with Crippen LogP contribution in [0.1, 0.15) is 77.2 Å². The van der Waals surface area contributed by atoms with Gasteiger partial charge in [-0.3, -0.25) is 0 Å². The van der Waals surface area contributed by atoms with Crippen molar-refractivity contribution in [2.24, 2.45) is 34.5 Å². The standard InChI is InChI=1S/C27H38O2/c1-26-14-5-4-6-20(26)9-12-22-23(26)13-15-27(2)24(22)17-19(25(27)28)16-18-7-10-21(29-3)11-8-18/h7-8,10-11,16,20,22-25,28H,4-6,9,12-15,17H2,1-3H3/b19-16+/t20-,22+,23+,24+,25+,26-,27-/m0/s1. The van der Waals surface area contributed by atoms with E-state index in [9.17, 15) is 5.11 Å². The van der Waals surface area contributed by atoms with Gasteiger partial charge in [0.1, 0.15) is 5.75 Å². The van der Waals surface area contributed by atoms with Gasteiger partial charge in [-0.15, -0.1) is 0 Å². The van der Waals surface area contributed by atoms with Crippen molar-refractivity contribution in [1.82, 2.24) is 0 Å². The van der Waals surface area contributed by atoms with Crippen molar-refractivity contribution in [3.63, 3.8) is 0 Å². The zero-order chi connectivity index (χ0) is 20.2. The molecular weight excluding hydrogens is 356 g/mol. The Balaban J connectivity index is 1.43. The Kier molecular flexibility index (Phi) is 4.85. The molecule has 0 aromatic heterocycles. The highest BCUT2D eigenvalue weighted by atomic mass is 16.5. The molecule has 4 aliphatic carbocycles. The largest absolute Gasteiger partial charge is 0.497 e. The zero-order valence-corrected chi connectivity index (χ0v) is 18.5. The second-order valence-corrected chi connectivity index (χ2v) is 11.0. The summed E-state index contributed by atoms with van der Waals surface area (Å²) in [6.07, 6.45) is 14.2. The average molecular weight is 395 g/mol. The number of rotatable bonds is 2. The molecular formula is C27H38O2. The summed E-state index contributed by atoms with van der Waals surface area (Å²) < 4.78 is 5.30. The van der Waals surface area contributed by atoms with Gasteiger partial charge in [0.25, 0.3) is 0 Å². The second-order valence-electron chi connectivity index (χ2n) is 11.0. The third-order valence-corrected chi connectivity index (χ3v) is 9.92. The van der Waals surface area contributed by atoms with Crippen molar-refractivity contribution >= 4 is 6.08 Å². The Morgan fingerprint density at radius 1 is 0.931 bits per heavy atom. The molecule has 0 aliphatic heterocycles. The van der Waals surface area contributed by atoms with Crippen molar-refractivity contribution in [2.75, 3.05) is 7.11 Å². The van der Waals surface area contributed by atoms with E-state index in [1.54, 1.807) is 7.11 Å². The summed E-state index contributed by atoms with van der Waals surface area (Å²) in [4.78, 5) is 0. The van der Waals surface area contributed by atoms with Crippen molar-refractivity contribution in [3.8, 4) is 5.75 Å². The molecule has 1 aromatic rings. The van der Waals surface area contributed by atoms with E-state index >= 15 is 0 Å². The molecule has 0 bridgehead atoms. The first kappa shape index (κ1) is 19.7. The molecule has 4 aliphatic rings. The van der Waals surface area contributed by atoms with Gasteiger partial charge in [0, 0.05) is 5.41 Å². The molecule has 1 N–H and O–H groups in total. The minimum atomic E-state index is -0.285. The Bertz CT molecular complexity index is 780. The van der Waals surface area contributed by atoms with E-state index in [4.69, 9.17) is 4.74 Å². The summed E-state index contributed by atoms with van der Waals surface area (Å²) in [5, 5.41) is 11.4. The molecule has 29 heavy (non-hydrogen) atoms. The molecule has 0 saturated heterocycles. The van der Waals surface area contributed by atoms with Gasteiger partial charge in [-0.05, 0) is 97.3 Å². The summed E-state index contributed by atoms with van der Waals surface area (Å²) in [6, 6.07) is 8.26. The molecule has 0 radical (unpaired) electrons. The second kappa shape index (κ2) is 7.15. The number of benzene rings is 1. The van der Waals surface area contributed by atoms with E-state index in [1.807, 2.05) is 12.1 Å². The van der Waals surface area contributed by atoms with Crippen LogP contribution in [0.4, 0.5) is 0 Å². The Morgan fingerprint density at radius 3 is 2.48 bits per heavy atom. The van der Waals surface area contributed by atoms with Gasteiger partial charge in [0.2, 0.25) is 0 Å². The monoisotopic (exact) mass is 394 g/mol. The number of hydrogen-bond acceptors (Lipinski definition) is 2. The molecule has 0 spiro atoms. The third kappa shape index (κ3) is 3.00. The molecule has 7 atom stereocenters. The number of methoxy groups -OCH3 is 1. The van der Waals surface area contributed by atoms with Gasteiger partial charge in [-0.1, -0.05) is 44.9 Å². The fourth-order valence-electron chi connectivity index (χ4n) is 8.21. The van der Waals surface area contributed by atoms with Crippen LogP contribution in [-0.2, 0) is 0 Å². The molecule has 0 unspecified atom stereocenters. The normalized spacial score (nSPS) is 45.4. The zero-order valence-electron chi connectivity index (χ0n) is 18.5. The summed E-state index contributed by atoms with van der Waals surface area (Å²) in [5.74, 6) is 4.19. The maximum Gasteiger partial charge on any atom is 0.118 e. The van der Waals surface area contributed by atoms with E-state index in [0.717, 1.165) is 29.9 Å². The summed E-state index contributed by atoms with van der Waals surface area (Å²) >= 11 is 0. The van der Waals surface area contributed by atoms with Gasteiger partial charge in [-0.25, -0.2) is 0 Å². The van der Waals surface area contributed by atoms with Crippen LogP contribution in [0.5, 0.6) is 5.75 Å². The van der Waals surface area contributed by atoms with Gasteiger partial charge in [-0.2, -0.15) is 0 Å². The highest BCUT2D eigenvalue weighted by Crippen LogP contribution is 2.67. The van der Waals surface area contributed by atoms with E-state index in [1.165, 1.54) is 62.5 Å². The smallest absolute Gasteiger partial charge is 0.118 e. The van der Waals surface area contributed by atoms with Crippen molar-refractivity contribution < 1.29 is 9.84 Å². The van der Waals surface area contributed by atoms with E-state index in [0.29, 0.717) is 11.3 Å². The highest BCUT2D eigenvalue weighted by Gasteiger charge is 2.60. The van der Waals surface area contributed by atoms with Crippen LogP contribution in [0.3, 0.4) is 0 Å². The van der Waals surface area contributed by atoms with E-state index in [-0.39, 0.29) is 11.5 Å². The van der Waals surface area contributed by atoms with Crippen LogP contribution in [0, 0.1) is 34.5 Å². The lowest BCUT2D eigenvalue weighted by molar-refractivity contribution is -0.119. The quantitative estimate of drug-likeness (QED) is 0.622. The molecule has 0 amide bonds. The van der Waals surface area contributed by atoms with Crippen molar-refractivity contribution in [3.05, 3.63) is 35.4 Å². The lowest BCUT2D eigenvalue weighted by atomic mass is 9.45. The van der Waals surface area contributed by atoms with Crippen molar-refractivity contribution in [1.29, 1.82) is 0 Å². The first-order valence-corrected chi connectivity index (χ1v) is 12.0. The van der Waals surface area contributed by atoms with E-state index in [2.05, 4.69) is 32.1 Å². The number of ether oxygens (including phenoxy) is 1. The minimum Gasteiger partial charge on any atom is -0.497 e. The lowest BCUT2D eigenvalue weighted by Crippen LogP contribution is -2.53. The average Bonchev–Trinajstić information content (AvgIpc) is 2.99.